The van der Waals surface area contributed by atoms with E-state index in [0.29, 0.717) is 0 Å². The van der Waals surface area contributed by atoms with E-state index in [1.807, 2.05) is 13.8 Å². The van der Waals surface area contributed by atoms with Gasteiger partial charge >= 0.3 is 12.1 Å². The van der Waals surface area contributed by atoms with Gasteiger partial charge in [0.25, 0.3) is 5.79 Å². The van der Waals surface area contributed by atoms with E-state index in [4.69, 9.17) is 19.6 Å². The molecule has 0 unspecified atom stereocenters. The molecule has 0 amide bonds. The SMILES string of the molecule is CC(=COOC(C)(C)CC(C)(C)C)C(=O)OC(C)(C)OC(=O)O. The molecule has 0 radical (unpaired) electrons. The molecular formula is C16H28O7. The maximum Gasteiger partial charge on any atom is 0.509 e. The Kier molecular flexibility index (Phi) is 7.09. The maximum atomic E-state index is 11.8. The first-order valence-electron chi connectivity index (χ1n) is 7.30. The van der Waals surface area contributed by atoms with Gasteiger partial charge in [-0.15, -0.1) is 0 Å². The lowest BCUT2D eigenvalue weighted by Crippen LogP contribution is -2.33. The fourth-order valence-electron chi connectivity index (χ4n) is 2.12. The molecule has 0 fully saturated rings. The zero-order chi connectivity index (χ0) is 18.5. The Morgan fingerprint density at radius 2 is 1.52 bits per heavy atom. The van der Waals surface area contributed by atoms with Crippen LogP contribution in [0.4, 0.5) is 4.79 Å². The monoisotopic (exact) mass is 332 g/mol. The van der Waals surface area contributed by atoms with Crippen LogP contribution in [-0.2, 0) is 24.0 Å². The second-order valence-electron chi connectivity index (χ2n) is 7.63. The summed E-state index contributed by atoms with van der Waals surface area (Å²) in [5.41, 5.74) is -0.369. The van der Waals surface area contributed by atoms with Crippen molar-refractivity contribution in [1.29, 1.82) is 0 Å². The number of rotatable bonds is 7. The largest absolute Gasteiger partial charge is 0.509 e. The summed E-state index contributed by atoms with van der Waals surface area (Å²) in [6.07, 6.45) is 0.327. The number of hydrogen-bond donors (Lipinski definition) is 1. The predicted octanol–water partition coefficient (Wildman–Crippen LogP) is 4.03. The molecule has 0 aliphatic rings. The first-order chi connectivity index (χ1) is 10.1. The Labute approximate surface area is 137 Å². The van der Waals surface area contributed by atoms with E-state index >= 15 is 0 Å². The molecule has 0 heterocycles. The van der Waals surface area contributed by atoms with E-state index in [2.05, 4.69) is 25.5 Å². The summed E-state index contributed by atoms with van der Waals surface area (Å²) >= 11 is 0. The van der Waals surface area contributed by atoms with Crippen LogP contribution in [0.25, 0.3) is 0 Å². The van der Waals surface area contributed by atoms with Crippen LogP contribution in [0.5, 0.6) is 0 Å². The van der Waals surface area contributed by atoms with Crippen molar-refractivity contribution in [2.45, 2.75) is 73.2 Å². The van der Waals surface area contributed by atoms with Crippen LogP contribution in [0.3, 0.4) is 0 Å². The Balaban J connectivity index is 4.56. The van der Waals surface area contributed by atoms with Crippen LogP contribution in [0.1, 0.15) is 61.8 Å². The normalized spacial score (nSPS) is 13.5. The fourth-order valence-corrected chi connectivity index (χ4v) is 2.12. The van der Waals surface area contributed by atoms with E-state index < -0.39 is 23.5 Å². The smallest absolute Gasteiger partial charge is 0.450 e. The number of esters is 1. The third-order valence-corrected chi connectivity index (χ3v) is 2.45. The molecule has 23 heavy (non-hydrogen) atoms. The highest BCUT2D eigenvalue weighted by Gasteiger charge is 2.29. The summed E-state index contributed by atoms with van der Waals surface area (Å²) < 4.78 is 9.37. The zero-order valence-corrected chi connectivity index (χ0v) is 15.2. The van der Waals surface area contributed by atoms with Crippen molar-refractivity contribution < 1.29 is 33.9 Å². The molecule has 0 rings (SSSR count). The first kappa shape index (κ1) is 21.2. The molecule has 7 nitrogen and oxygen atoms in total. The van der Waals surface area contributed by atoms with Gasteiger partial charge in [0.15, 0.2) is 0 Å². The average Bonchev–Trinajstić information content (AvgIpc) is 2.21. The minimum atomic E-state index is -1.59. The molecule has 0 spiro atoms. The minimum absolute atomic E-state index is 0.0583. The molecule has 0 saturated heterocycles. The molecule has 1 N–H and O–H groups in total. The summed E-state index contributed by atoms with van der Waals surface area (Å²) in [4.78, 5) is 32.6. The van der Waals surface area contributed by atoms with Gasteiger partial charge < -0.3 is 19.5 Å². The van der Waals surface area contributed by atoms with E-state index in [1.165, 1.54) is 20.8 Å². The van der Waals surface area contributed by atoms with E-state index in [-0.39, 0.29) is 11.0 Å². The molecule has 134 valence electrons. The van der Waals surface area contributed by atoms with Gasteiger partial charge in [-0.05, 0) is 32.6 Å². The van der Waals surface area contributed by atoms with Crippen LogP contribution in [0.2, 0.25) is 0 Å². The molecule has 0 saturated carbocycles. The maximum absolute atomic E-state index is 11.8. The summed E-state index contributed by atoms with van der Waals surface area (Å²) in [5, 5.41) is 8.55. The summed E-state index contributed by atoms with van der Waals surface area (Å²) in [5.74, 6) is -2.36. The zero-order valence-electron chi connectivity index (χ0n) is 15.2. The lowest BCUT2D eigenvalue weighted by atomic mass is 9.84. The van der Waals surface area contributed by atoms with Crippen molar-refractivity contribution >= 4 is 12.1 Å². The van der Waals surface area contributed by atoms with Gasteiger partial charge in [0.1, 0.15) is 11.9 Å². The molecule has 0 atom stereocenters. The third-order valence-electron chi connectivity index (χ3n) is 2.45. The number of hydrogen-bond acceptors (Lipinski definition) is 6. The molecule has 7 heteroatoms. The quantitative estimate of drug-likeness (QED) is 0.188. The summed E-state index contributed by atoms with van der Waals surface area (Å²) in [6, 6.07) is 0. The molecular weight excluding hydrogens is 304 g/mol. The molecule has 0 aliphatic carbocycles. The van der Waals surface area contributed by atoms with Gasteiger partial charge in [-0.2, -0.15) is 4.89 Å². The van der Waals surface area contributed by atoms with E-state index in [1.54, 1.807) is 0 Å². The number of carbonyl (C=O) groups excluding carboxylic acids is 1. The van der Waals surface area contributed by atoms with Crippen LogP contribution < -0.4 is 0 Å². The van der Waals surface area contributed by atoms with Crippen LogP contribution in [0, 0.1) is 5.41 Å². The molecule has 0 aromatic heterocycles. The van der Waals surface area contributed by atoms with Gasteiger partial charge in [-0.3, -0.25) is 0 Å². The lowest BCUT2D eigenvalue weighted by Gasteiger charge is -2.30. The summed E-state index contributed by atoms with van der Waals surface area (Å²) in [7, 11) is 0. The molecule has 0 aliphatic heterocycles. The molecule has 0 aromatic carbocycles. The van der Waals surface area contributed by atoms with Crippen molar-refractivity contribution in [2.75, 3.05) is 0 Å². The van der Waals surface area contributed by atoms with Gasteiger partial charge in [0, 0.05) is 13.8 Å². The number of ether oxygens (including phenoxy) is 2. The lowest BCUT2D eigenvalue weighted by molar-refractivity contribution is -0.322. The standard InChI is InChI=1S/C16H28O7/c1-11(12(17)21-16(7,8)22-13(18)19)9-20-23-15(5,6)10-14(2,3)4/h9H,10H2,1-8H3,(H,18,19). The topological polar surface area (TPSA) is 91.3 Å². The Morgan fingerprint density at radius 3 is 1.96 bits per heavy atom. The van der Waals surface area contributed by atoms with Gasteiger partial charge in [-0.25, -0.2) is 9.59 Å². The highest BCUT2D eigenvalue weighted by molar-refractivity contribution is 5.87. The Morgan fingerprint density at radius 1 is 1.00 bits per heavy atom. The second kappa shape index (κ2) is 7.68. The van der Waals surface area contributed by atoms with Crippen LogP contribution in [0.15, 0.2) is 11.8 Å². The van der Waals surface area contributed by atoms with Crippen LogP contribution >= 0.6 is 0 Å². The van der Waals surface area contributed by atoms with Crippen molar-refractivity contribution in [1.82, 2.24) is 0 Å². The number of carboxylic acid groups (broad SMARTS) is 1. The minimum Gasteiger partial charge on any atom is -0.450 e. The average molecular weight is 332 g/mol. The number of carbonyl (C=O) groups is 2. The van der Waals surface area contributed by atoms with Crippen molar-refractivity contribution in [3.05, 3.63) is 11.8 Å². The van der Waals surface area contributed by atoms with Gasteiger partial charge in [0.05, 0.1) is 5.57 Å². The third kappa shape index (κ3) is 10.6. The van der Waals surface area contributed by atoms with E-state index in [9.17, 15) is 9.59 Å². The van der Waals surface area contributed by atoms with Crippen LogP contribution in [-0.4, -0.2) is 28.6 Å². The Bertz CT molecular complexity index is 456. The highest BCUT2D eigenvalue weighted by atomic mass is 17.2. The van der Waals surface area contributed by atoms with Gasteiger partial charge in [0.2, 0.25) is 0 Å². The predicted molar refractivity (Wildman–Crippen MR) is 83.4 cm³/mol. The van der Waals surface area contributed by atoms with Crippen molar-refractivity contribution in [2.24, 2.45) is 5.41 Å². The Hall–Kier alpha value is -1.76. The second-order valence-corrected chi connectivity index (χ2v) is 7.63. The highest BCUT2D eigenvalue weighted by Crippen LogP contribution is 2.29. The van der Waals surface area contributed by atoms with Crippen molar-refractivity contribution in [3.63, 3.8) is 0 Å². The summed E-state index contributed by atoms with van der Waals surface area (Å²) in [6.45, 7) is 14.1. The molecule has 0 bridgehead atoms. The van der Waals surface area contributed by atoms with Gasteiger partial charge in [-0.1, -0.05) is 20.8 Å². The molecule has 0 aromatic rings. The fraction of sp³-hybridized carbons (Fsp3) is 0.750. The first-order valence-corrected chi connectivity index (χ1v) is 7.30. The van der Waals surface area contributed by atoms with Crippen molar-refractivity contribution in [3.8, 4) is 0 Å². The van der Waals surface area contributed by atoms with E-state index in [0.717, 1.165) is 12.7 Å².